The zero-order valence-corrected chi connectivity index (χ0v) is 13.5. The van der Waals surface area contributed by atoms with E-state index in [0.717, 1.165) is 6.42 Å². The Labute approximate surface area is 131 Å². The molecule has 1 N–H and O–H groups in total. The fraction of sp³-hybridized carbons (Fsp3) is 0.533. The maximum Gasteiger partial charge on any atom is 0.303 e. The Morgan fingerprint density at radius 3 is 2.67 bits per heavy atom. The lowest BCUT2D eigenvalue weighted by Crippen LogP contribution is -2.13. The van der Waals surface area contributed by atoms with Gasteiger partial charge in [-0.1, -0.05) is 6.92 Å². The van der Waals surface area contributed by atoms with Crippen molar-refractivity contribution >= 4 is 21.9 Å². The molecule has 0 atom stereocenters. The highest BCUT2D eigenvalue weighted by Gasteiger charge is 2.31. The maximum atomic E-state index is 14.0. The molecule has 6 heteroatoms. The first-order valence-electron chi connectivity index (χ1n) is 6.89. The first-order valence-corrected chi connectivity index (χ1v) is 7.68. The van der Waals surface area contributed by atoms with E-state index in [0.29, 0.717) is 16.8 Å². The van der Waals surface area contributed by atoms with Crippen molar-refractivity contribution in [3.05, 3.63) is 28.2 Å². The fourth-order valence-electron chi connectivity index (χ4n) is 1.83. The highest BCUT2D eigenvalue weighted by Crippen LogP contribution is 2.37. The number of aliphatic carboxylic acids is 1. The van der Waals surface area contributed by atoms with Crippen LogP contribution in [0, 0.1) is 0 Å². The van der Waals surface area contributed by atoms with Crippen molar-refractivity contribution < 1.29 is 23.4 Å². The highest BCUT2D eigenvalue weighted by molar-refractivity contribution is 9.10. The summed E-state index contributed by atoms with van der Waals surface area (Å²) in [4.78, 5) is 10.4. The third kappa shape index (κ3) is 5.99. The summed E-state index contributed by atoms with van der Waals surface area (Å²) in [5.74, 6) is -3.38. The second kappa shape index (κ2) is 8.32. The molecule has 0 aliphatic carbocycles. The lowest BCUT2D eigenvalue weighted by molar-refractivity contribution is -0.137. The van der Waals surface area contributed by atoms with Crippen molar-refractivity contribution in [3.8, 4) is 5.75 Å². The number of carboxylic acids is 1. The van der Waals surface area contributed by atoms with E-state index in [1.165, 1.54) is 18.2 Å². The van der Waals surface area contributed by atoms with Crippen LogP contribution in [0.5, 0.6) is 5.75 Å². The number of alkyl halides is 2. The minimum Gasteiger partial charge on any atom is -0.492 e. The summed E-state index contributed by atoms with van der Waals surface area (Å²) >= 11 is 3.23. The highest BCUT2D eigenvalue weighted by atomic mass is 79.9. The Morgan fingerprint density at radius 2 is 2.10 bits per heavy atom. The monoisotopic (exact) mass is 364 g/mol. The van der Waals surface area contributed by atoms with Crippen LogP contribution < -0.4 is 4.74 Å². The van der Waals surface area contributed by atoms with Gasteiger partial charge in [-0.2, -0.15) is 0 Å². The van der Waals surface area contributed by atoms with Gasteiger partial charge >= 0.3 is 5.97 Å². The van der Waals surface area contributed by atoms with E-state index in [9.17, 15) is 13.6 Å². The summed E-state index contributed by atoms with van der Waals surface area (Å²) in [5, 5.41) is 8.49. The zero-order chi connectivity index (χ0) is 15.9. The van der Waals surface area contributed by atoms with Gasteiger partial charge in [0.1, 0.15) is 5.75 Å². The van der Waals surface area contributed by atoms with E-state index in [1.807, 2.05) is 6.92 Å². The maximum absolute atomic E-state index is 14.0. The van der Waals surface area contributed by atoms with Crippen molar-refractivity contribution in [2.75, 3.05) is 6.61 Å². The van der Waals surface area contributed by atoms with Crippen LogP contribution in [-0.4, -0.2) is 17.7 Å². The first-order chi connectivity index (χ1) is 9.86. The lowest BCUT2D eigenvalue weighted by atomic mass is 10.0. The van der Waals surface area contributed by atoms with Gasteiger partial charge in [-0.3, -0.25) is 4.79 Å². The van der Waals surface area contributed by atoms with E-state index in [4.69, 9.17) is 9.84 Å². The van der Waals surface area contributed by atoms with Crippen LogP contribution in [0.1, 0.15) is 44.6 Å². The third-order valence-corrected chi connectivity index (χ3v) is 3.57. The molecule has 3 nitrogen and oxygen atoms in total. The quantitative estimate of drug-likeness (QED) is 0.628. The largest absolute Gasteiger partial charge is 0.492 e. The molecular weight excluding hydrogens is 346 g/mol. The molecule has 0 fully saturated rings. The van der Waals surface area contributed by atoms with E-state index in [2.05, 4.69) is 15.9 Å². The minimum atomic E-state index is -2.97. The van der Waals surface area contributed by atoms with Crippen LogP contribution in [0.2, 0.25) is 0 Å². The molecule has 1 aromatic carbocycles. The van der Waals surface area contributed by atoms with Gasteiger partial charge in [-0.15, -0.1) is 0 Å². The molecule has 1 rings (SSSR count). The number of rotatable bonds is 9. The predicted molar refractivity (Wildman–Crippen MR) is 79.9 cm³/mol. The summed E-state index contributed by atoms with van der Waals surface area (Å²) in [5.41, 5.74) is -0.0893. The Hall–Kier alpha value is -1.17. The molecule has 0 aliphatic rings. The number of ether oxygens (including phenoxy) is 1. The van der Waals surface area contributed by atoms with Gasteiger partial charge in [-0.25, -0.2) is 8.78 Å². The van der Waals surface area contributed by atoms with Crippen LogP contribution in [0.4, 0.5) is 8.78 Å². The van der Waals surface area contributed by atoms with Crippen molar-refractivity contribution in [2.45, 2.75) is 45.0 Å². The Morgan fingerprint density at radius 1 is 1.38 bits per heavy atom. The van der Waals surface area contributed by atoms with Crippen LogP contribution in [0.15, 0.2) is 22.7 Å². The lowest BCUT2D eigenvalue weighted by Gasteiger charge is -2.18. The summed E-state index contributed by atoms with van der Waals surface area (Å²) < 4.78 is 34.0. The standard InChI is InChI=1S/C15H19BrF2O3/c1-2-9-21-13-7-6-11(10-12(13)16)15(17,18)8-4-3-5-14(19)20/h6-7,10H,2-5,8-9H2,1H3,(H,19,20). The topological polar surface area (TPSA) is 46.5 Å². The SMILES string of the molecule is CCCOc1ccc(C(F)(F)CCCCC(=O)O)cc1Br. The zero-order valence-electron chi connectivity index (χ0n) is 11.9. The number of hydrogen-bond acceptors (Lipinski definition) is 2. The number of halogens is 3. The van der Waals surface area contributed by atoms with Crippen molar-refractivity contribution in [1.29, 1.82) is 0 Å². The Bertz CT molecular complexity index is 478. The molecule has 118 valence electrons. The molecule has 0 saturated carbocycles. The van der Waals surface area contributed by atoms with Crippen LogP contribution in [0.25, 0.3) is 0 Å². The summed E-state index contributed by atoms with van der Waals surface area (Å²) in [7, 11) is 0. The molecule has 0 heterocycles. The Kier molecular flexibility index (Phi) is 7.08. The van der Waals surface area contributed by atoms with E-state index in [1.54, 1.807) is 0 Å². The molecule has 0 aromatic heterocycles. The average molecular weight is 365 g/mol. The molecule has 0 aliphatic heterocycles. The van der Waals surface area contributed by atoms with Crippen LogP contribution in [-0.2, 0) is 10.7 Å². The van der Waals surface area contributed by atoms with Crippen molar-refractivity contribution in [1.82, 2.24) is 0 Å². The van der Waals surface area contributed by atoms with Crippen molar-refractivity contribution in [2.24, 2.45) is 0 Å². The van der Waals surface area contributed by atoms with Crippen LogP contribution in [0.3, 0.4) is 0 Å². The number of unbranched alkanes of at least 4 members (excludes halogenated alkanes) is 1. The molecule has 0 radical (unpaired) electrons. The van der Waals surface area contributed by atoms with E-state index in [-0.39, 0.29) is 31.2 Å². The second-order valence-electron chi connectivity index (χ2n) is 4.80. The van der Waals surface area contributed by atoms with Gasteiger partial charge in [0.25, 0.3) is 5.92 Å². The van der Waals surface area contributed by atoms with Gasteiger partial charge < -0.3 is 9.84 Å². The summed E-state index contributed by atoms with van der Waals surface area (Å²) in [6.07, 6.45) is 0.828. The summed E-state index contributed by atoms with van der Waals surface area (Å²) in [6.45, 7) is 2.50. The number of benzene rings is 1. The first kappa shape index (κ1) is 17.9. The average Bonchev–Trinajstić information content (AvgIpc) is 2.42. The second-order valence-corrected chi connectivity index (χ2v) is 5.65. The van der Waals surface area contributed by atoms with E-state index < -0.39 is 11.9 Å². The van der Waals surface area contributed by atoms with Gasteiger partial charge in [0.2, 0.25) is 0 Å². The number of hydrogen-bond donors (Lipinski definition) is 1. The van der Waals surface area contributed by atoms with Gasteiger partial charge in [0.15, 0.2) is 0 Å². The molecule has 0 saturated heterocycles. The Balaban J connectivity index is 2.65. The fourth-order valence-corrected chi connectivity index (χ4v) is 2.32. The van der Waals surface area contributed by atoms with Gasteiger partial charge in [0.05, 0.1) is 11.1 Å². The van der Waals surface area contributed by atoms with Crippen LogP contribution >= 0.6 is 15.9 Å². The van der Waals surface area contributed by atoms with E-state index >= 15 is 0 Å². The molecule has 0 unspecified atom stereocenters. The van der Waals surface area contributed by atoms with Crippen molar-refractivity contribution in [3.63, 3.8) is 0 Å². The molecule has 21 heavy (non-hydrogen) atoms. The minimum absolute atomic E-state index is 0.0798. The molecule has 1 aromatic rings. The molecular formula is C15H19BrF2O3. The molecule has 0 amide bonds. The molecule has 0 spiro atoms. The van der Waals surface area contributed by atoms with Gasteiger partial charge in [0, 0.05) is 18.4 Å². The number of carbonyl (C=O) groups is 1. The number of carboxylic acid groups (broad SMARTS) is 1. The molecule has 0 bridgehead atoms. The normalized spacial score (nSPS) is 11.4. The predicted octanol–water partition coefficient (Wildman–Crippen LogP) is 4.97. The smallest absolute Gasteiger partial charge is 0.303 e. The summed E-state index contributed by atoms with van der Waals surface area (Å²) in [6, 6.07) is 4.25. The van der Waals surface area contributed by atoms with Gasteiger partial charge in [-0.05, 0) is 53.4 Å². The third-order valence-electron chi connectivity index (χ3n) is 2.95.